The Hall–Kier alpha value is -3.25. The van der Waals surface area contributed by atoms with Crippen molar-refractivity contribution in [3.8, 4) is 0 Å². The van der Waals surface area contributed by atoms with Gasteiger partial charge in [-0.2, -0.15) is 0 Å². The van der Waals surface area contributed by atoms with Crippen molar-refractivity contribution in [1.82, 2.24) is 0 Å². The third-order valence-electron chi connectivity index (χ3n) is 6.14. The lowest BCUT2D eigenvalue weighted by atomic mass is 9.92. The number of ether oxygens (including phenoxy) is 1. The summed E-state index contributed by atoms with van der Waals surface area (Å²) in [5.74, 6) is 0. The minimum Gasteiger partial charge on any atom is -0.380 e. The van der Waals surface area contributed by atoms with Crippen LogP contribution < -0.4 is 10.6 Å². The van der Waals surface area contributed by atoms with E-state index in [1.807, 2.05) is 0 Å². The molecule has 0 fully saturated rings. The Labute approximate surface area is 196 Å². The van der Waals surface area contributed by atoms with Crippen molar-refractivity contribution in [2.45, 2.75) is 6.92 Å². The summed E-state index contributed by atoms with van der Waals surface area (Å²) in [6.45, 7) is 2.19. The van der Waals surface area contributed by atoms with E-state index in [1.54, 1.807) is 7.11 Å². The van der Waals surface area contributed by atoms with Gasteiger partial charge in [-0.15, -0.1) is 0 Å². The SMILES string of the molecule is COCP(c1ccccc1)c1ccccc1.Cc1ccc2ccc3cccc4ccc1c2c34. The third-order valence-corrected chi connectivity index (χ3v) is 8.50. The molecule has 2 heteroatoms. The number of benzene rings is 6. The lowest BCUT2D eigenvalue weighted by Crippen LogP contribution is -2.14. The molecule has 0 saturated heterocycles. The Morgan fingerprint density at radius 1 is 0.545 bits per heavy atom. The van der Waals surface area contributed by atoms with E-state index in [-0.39, 0.29) is 7.92 Å². The molecule has 0 atom stereocenters. The number of hydrogen-bond acceptors (Lipinski definition) is 1. The van der Waals surface area contributed by atoms with E-state index in [1.165, 1.54) is 48.5 Å². The molecule has 162 valence electrons. The molecule has 0 bridgehead atoms. The maximum atomic E-state index is 5.34. The van der Waals surface area contributed by atoms with Gasteiger partial charge in [0.1, 0.15) is 0 Å². The first kappa shape index (κ1) is 21.6. The zero-order valence-corrected chi connectivity index (χ0v) is 19.9. The zero-order valence-electron chi connectivity index (χ0n) is 19.0. The van der Waals surface area contributed by atoms with Crippen LogP contribution in [0.2, 0.25) is 0 Å². The third kappa shape index (κ3) is 4.35. The fourth-order valence-corrected chi connectivity index (χ4v) is 6.44. The van der Waals surface area contributed by atoms with Crippen molar-refractivity contribution in [3.63, 3.8) is 0 Å². The van der Waals surface area contributed by atoms with Crippen LogP contribution in [0.4, 0.5) is 0 Å². The summed E-state index contributed by atoms with van der Waals surface area (Å²) in [7, 11) is 1.39. The Bertz CT molecular complexity index is 1420. The fraction of sp³-hybridized carbons (Fsp3) is 0.0968. The Balaban J connectivity index is 0.000000139. The standard InChI is InChI=1S/C17H12.C14H15OP/c1-11-5-6-14-8-7-12-3-2-4-13-9-10-15(11)17(14)16(12)13;1-15-12-16(13-8-4-2-5-9-13)14-10-6-3-7-11-14/h2-10H,1H3;2-11H,12H2,1H3. The van der Waals surface area contributed by atoms with Gasteiger partial charge in [0, 0.05) is 7.11 Å². The molecule has 6 rings (SSSR count). The quantitative estimate of drug-likeness (QED) is 0.200. The number of methoxy groups -OCH3 is 1. The molecular weight excluding hydrogens is 419 g/mol. The van der Waals surface area contributed by atoms with Crippen molar-refractivity contribution in [2.24, 2.45) is 0 Å². The van der Waals surface area contributed by atoms with E-state index in [4.69, 9.17) is 4.74 Å². The Kier molecular flexibility index (Phi) is 6.35. The minimum absolute atomic E-state index is 0.373. The molecule has 0 unspecified atom stereocenters. The summed E-state index contributed by atoms with van der Waals surface area (Å²) >= 11 is 0. The lowest BCUT2D eigenvalue weighted by molar-refractivity contribution is 0.256. The summed E-state index contributed by atoms with van der Waals surface area (Å²) in [6.07, 6.45) is 0.781. The Morgan fingerprint density at radius 2 is 1.06 bits per heavy atom. The number of rotatable bonds is 4. The van der Waals surface area contributed by atoms with Gasteiger partial charge in [-0.05, 0) is 63.3 Å². The molecule has 0 spiro atoms. The van der Waals surface area contributed by atoms with Crippen LogP contribution in [0.25, 0.3) is 32.3 Å². The van der Waals surface area contributed by atoms with E-state index >= 15 is 0 Å². The van der Waals surface area contributed by atoms with Crippen LogP contribution in [0.15, 0.2) is 115 Å². The minimum atomic E-state index is -0.373. The van der Waals surface area contributed by atoms with Gasteiger partial charge in [0.25, 0.3) is 0 Å². The topological polar surface area (TPSA) is 9.23 Å². The fourth-order valence-electron chi connectivity index (χ4n) is 4.52. The highest BCUT2D eigenvalue weighted by Crippen LogP contribution is 2.35. The highest BCUT2D eigenvalue weighted by atomic mass is 31.1. The van der Waals surface area contributed by atoms with Crippen LogP contribution in [-0.2, 0) is 4.74 Å². The van der Waals surface area contributed by atoms with Gasteiger partial charge in [0.05, 0.1) is 6.35 Å². The molecule has 0 saturated carbocycles. The predicted octanol–water partition coefficient (Wildman–Crippen LogP) is 7.62. The van der Waals surface area contributed by atoms with Crippen molar-refractivity contribution in [3.05, 3.63) is 121 Å². The monoisotopic (exact) mass is 446 g/mol. The van der Waals surface area contributed by atoms with Crippen LogP contribution in [0, 0.1) is 6.92 Å². The van der Waals surface area contributed by atoms with Gasteiger partial charge in [0.15, 0.2) is 0 Å². The number of hydrogen-bond donors (Lipinski definition) is 0. The van der Waals surface area contributed by atoms with Gasteiger partial charge >= 0.3 is 0 Å². The second-order valence-electron chi connectivity index (χ2n) is 8.26. The second-order valence-corrected chi connectivity index (χ2v) is 10.4. The molecule has 0 heterocycles. The Morgan fingerprint density at radius 3 is 1.64 bits per heavy atom. The van der Waals surface area contributed by atoms with E-state index in [2.05, 4.69) is 122 Å². The van der Waals surface area contributed by atoms with Gasteiger partial charge in [-0.1, -0.05) is 115 Å². The molecule has 6 aromatic rings. The van der Waals surface area contributed by atoms with E-state index in [0.29, 0.717) is 0 Å². The van der Waals surface area contributed by atoms with Crippen molar-refractivity contribution < 1.29 is 4.74 Å². The van der Waals surface area contributed by atoms with Crippen molar-refractivity contribution >= 4 is 50.8 Å². The average molecular weight is 447 g/mol. The molecule has 0 N–H and O–H groups in total. The summed E-state index contributed by atoms with van der Waals surface area (Å²) < 4.78 is 5.34. The molecule has 33 heavy (non-hydrogen) atoms. The van der Waals surface area contributed by atoms with Gasteiger partial charge < -0.3 is 4.74 Å². The lowest BCUT2D eigenvalue weighted by Gasteiger charge is -2.17. The van der Waals surface area contributed by atoms with Gasteiger partial charge in [-0.25, -0.2) is 0 Å². The van der Waals surface area contributed by atoms with E-state index in [0.717, 1.165) is 6.35 Å². The summed E-state index contributed by atoms with van der Waals surface area (Å²) in [5, 5.41) is 11.0. The highest BCUT2D eigenvalue weighted by Gasteiger charge is 2.12. The van der Waals surface area contributed by atoms with Gasteiger partial charge in [-0.3, -0.25) is 0 Å². The first-order chi connectivity index (χ1) is 16.3. The zero-order chi connectivity index (χ0) is 22.6. The van der Waals surface area contributed by atoms with E-state index < -0.39 is 0 Å². The smallest absolute Gasteiger partial charge is 0.0738 e. The first-order valence-electron chi connectivity index (χ1n) is 11.3. The van der Waals surface area contributed by atoms with Crippen molar-refractivity contribution in [2.75, 3.05) is 13.5 Å². The van der Waals surface area contributed by atoms with Crippen LogP contribution in [-0.4, -0.2) is 13.5 Å². The first-order valence-corrected chi connectivity index (χ1v) is 12.8. The van der Waals surface area contributed by atoms with Crippen molar-refractivity contribution in [1.29, 1.82) is 0 Å². The van der Waals surface area contributed by atoms with Gasteiger partial charge in [0.2, 0.25) is 0 Å². The average Bonchev–Trinajstić information content (AvgIpc) is 2.88. The summed E-state index contributed by atoms with van der Waals surface area (Å²) in [6, 6.07) is 41.1. The number of aryl methyl sites for hydroxylation is 1. The molecular formula is C31H27OP. The van der Waals surface area contributed by atoms with E-state index in [9.17, 15) is 0 Å². The highest BCUT2D eigenvalue weighted by molar-refractivity contribution is 7.72. The molecule has 0 aliphatic heterocycles. The summed E-state index contributed by atoms with van der Waals surface area (Å²) in [4.78, 5) is 0. The van der Waals surface area contributed by atoms with Crippen LogP contribution in [0.1, 0.15) is 5.56 Å². The molecule has 0 amide bonds. The van der Waals surface area contributed by atoms with Crippen LogP contribution in [0.3, 0.4) is 0 Å². The summed E-state index contributed by atoms with van der Waals surface area (Å²) in [5.41, 5.74) is 1.36. The largest absolute Gasteiger partial charge is 0.380 e. The molecule has 1 nitrogen and oxygen atoms in total. The molecule has 6 aromatic carbocycles. The van der Waals surface area contributed by atoms with Crippen LogP contribution in [0.5, 0.6) is 0 Å². The predicted molar refractivity (Wildman–Crippen MR) is 146 cm³/mol. The normalized spacial score (nSPS) is 11.2. The molecule has 0 aliphatic carbocycles. The second kappa shape index (κ2) is 9.71. The van der Waals surface area contributed by atoms with Crippen LogP contribution >= 0.6 is 7.92 Å². The molecule has 0 radical (unpaired) electrons. The maximum Gasteiger partial charge on any atom is 0.0738 e. The maximum absolute atomic E-state index is 5.34. The molecule has 0 aliphatic rings. The molecule has 0 aromatic heterocycles.